The van der Waals surface area contributed by atoms with Crippen molar-refractivity contribution in [3.05, 3.63) is 41.9 Å². The van der Waals surface area contributed by atoms with Crippen LogP contribution in [-0.2, 0) is 10.0 Å². The zero-order valence-electron chi connectivity index (χ0n) is 10.6. The first-order chi connectivity index (χ1) is 9.49. The average Bonchev–Trinajstić information content (AvgIpc) is 2.88. The number of benzene rings is 1. The van der Waals surface area contributed by atoms with E-state index >= 15 is 0 Å². The molecule has 0 aliphatic heterocycles. The highest BCUT2D eigenvalue weighted by atomic mass is 32.2. The lowest BCUT2D eigenvalue weighted by molar-refractivity contribution is 0.112. The number of sulfonamides is 1. The first-order valence-corrected chi connectivity index (χ1v) is 7.30. The van der Waals surface area contributed by atoms with Gasteiger partial charge in [0, 0.05) is 12.1 Å². The van der Waals surface area contributed by atoms with Gasteiger partial charge in [0.05, 0.1) is 11.8 Å². The second-order valence-electron chi connectivity index (χ2n) is 3.98. The van der Waals surface area contributed by atoms with Crippen molar-refractivity contribution < 1.29 is 22.0 Å². The van der Waals surface area contributed by atoms with Crippen LogP contribution in [0.4, 0.5) is 4.39 Å². The smallest absolute Gasteiger partial charge is 0.274 e. The fraction of sp³-hybridized carbons (Fsp3) is 0.154. The lowest BCUT2D eigenvalue weighted by atomic mass is 10.1. The van der Waals surface area contributed by atoms with E-state index in [4.69, 9.17) is 4.42 Å². The van der Waals surface area contributed by atoms with Gasteiger partial charge < -0.3 is 4.42 Å². The first-order valence-electron chi connectivity index (χ1n) is 5.82. The third kappa shape index (κ3) is 2.63. The van der Waals surface area contributed by atoms with E-state index < -0.39 is 15.8 Å². The second kappa shape index (κ2) is 5.56. The summed E-state index contributed by atoms with van der Waals surface area (Å²) in [6.07, 6.45) is 1.61. The summed E-state index contributed by atoms with van der Waals surface area (Å²) in [5, 5.41) is -0.280. The Morgan fingerprint density at radius 3 is 2.70 bits per heavy atom. The number of hydrogen-bond acceptors (Lipinski definition) is 4. The predicted octanol–water partition coefficient (Wildman–Crippen LogP) is 2.20. The van der Waals surface area contributed by atoms with Crippen molar-refractivity contribution in [3.63, 3.8) is 0 Å². The van der Waals surface area contributed by atoms with Crippen LogP contribution in [0.15, 0.2) is 40.0 Å². The number of carbonyl (C=O) groups excluding carboxylic acids is 1. The number of furan rings is 1. The Morgan fingerprint density at radius 2 is 2.10 bits per heavy atom. The monoisotopic (exact) mass is 297 g/mol. The molecule has 20 heavy (non-hydrogen) atoms. The number of aldehydes is 1. The van der Waals surface area contributed by atoms with Crippen molar-refractivity contribution in [1.82, 2.24) is 4.72 Å². The zero-order chi connectivity index (χ0) is 14.8. The highest BCUT2D eigenvalue weighted by molar-refractivity contribution is 7.89. The molecule has 0 atom stereocenters. The molecule has 1 aromatic heterocycles. The maximum absolute atomic E-state index is 13.6. The minimum atomic E-state index is -3.78. The molecule has 2 aromatic rings. The van der Waals surface area contributed by atoms with Gasteiger partial charge in [0.25, 0.3) is 10.0 Å². The van der Waals surface area contributed by atoms with E-state index in [-0.39, 0.29) is 22.8 Å². The summed E-state index contributed by atoms with van der Waals surface area (Å²) in [6, 6.07) is 5.27. The van der Waals surface area contributed by atoms with Gasteiger partial charge in [-0.1, -0.05) is 13.0 Å². The Bertz CT molecular complexity index is 737. The summed E-state index contributed by atoms with van der Waals surface area (Å²) in [5.41, 5.74) is 0.467. The summed E-state index contributed by atoms with van der Waals surface area (Å²) in [4.78, 5) is 10.6. The molecule has 1 aromatic carbocycles. The SMILES string of the molecule is CCNS(=O)(=O)c1occc1-c1ccc(C=O)c(F)c1. The summed E-state index contributed by atoms with van der Waals surface area (Å²) in [6.45, 7) is 1.85. The van der Waals surface area contributed by atoms with E-state index in [9.17, 15) is 17.6 Å². The lowest BCUT2D eigenvalue weighted by Crippen LogP contribution is -2.23. The maximum atomic E-state index is 13.6. The molecule has 0 aliphatic rings. The van der Waals surface area contributed by atoms with E-state index in [0.29, 0.717) is 11.8 Å². The molecule has 0 fully saturated rings. The van der Waals surface area contributed by atoms with Gasteiger partial charge in [-0.25, -0.2) is 17.5 Å². The van der Waals surface area contributed by atoms with E-state index in [1.54, 1.807) is 6.92 Å². The zero-order valence-corrected chi connectivity index (χ0v) is 11.4. The Hall–Kier alpha value is -1.99. The van der Waals surface area contributed by atoms with E-state index in [2.05, 4.69) is 4.72 Å². The van der Waals surface area contributed by atoms with Crippen LogP contribution >= 0.6 is 0 Å². The molecule has 1 heterocycles. The number of hydrogen-bond donors (Lipinski definition) is 1. The normalized spacial score (nSPS) is 11.5. The van der Waals surface area contributed by atoms with E-state index in [0.717, 1.165) is 6.07 Å². The molecule has 0 unspecified atom stereocenters. The van der Waals surface area contributed by atoms with Crippen LogP contribution in [0, 0.1) is 5.82 Å². The van der Waals surface area contributed by atoms with Gasteiger partial charge in [0.15, 0.2) is 6.29 Å². The third-order valence-corrected chi connectivity index (χ3v) is 4.12. The van der Waals surface area contributed by atoms with Gasteiger partial charge in [0.2, 0.25) is 5.09 Å². The number of carbonyl (C=O) groups is 1. The Balaban J connectivity index is 2.53. The average molecular weight is 297 g/mol. The van der Waals surface area contributed by atoms with E-state index in [1.807, 2.05) is 0 Å². The van der Waals surface area contributed by atoms with Crippen molar-refractivity contribution in [2.24, 2.45) is 0 Å². The summed E-state index contributed by atoms with van der Waals surface area (Å²) < 4.78 is 44.8. The number of rotatable bonds is 5. The molecule has 1 N–H and O–H groups in total. The van der Waals surface area contributed by atoms with Crippen LogP contribution in [0.25, 0.3) is 11.1 Å². The molecule has 0 amide bonds. The molecule has 0 saturated carbocycles. The molecule has 0 bridgehead atoms. The molecule has 0 spiro atoms. The molecule has 0 radical (unpaired) electrons. The van der Waals surface area contributed by atoms with Gasteiger partial charge in [-0.2, -0.15) is 0 Å². The van der Waals surface area contributed by atoms with Gasteiger partial charge in [-0.3, -0.25) is 4.79 Å². The van der Waals surface area contributed by atoms with Gasteiger partial charge >= 0.3 is 0 Å². The third-order valence-electron chi connectivity index (χ3n) is 2.65. The van der Waals surface area contributed by atoms with Crippen LogP contribution in [0.1, 0.15) is 17.3 Å². The molecular formula is C13H12FNO4S. The fourth-order valence-corrected chi connectivity index (χ4v) is 2.93. The Morgan fingerprint density at radius 1 is 1.35 bits per heavy atom. The largest absolute Gasteiger partial charge is 0.451 e. The van der Waals surface area contributed by atoms with Crippen molar-refractivity contribution in [3.8, 4) is 11.1 Å². The molecule has 106 valence electrons. The summed E-state index contributed by atoms with van der Waals surface area (Å²) >= 11 is 0. The standard InChI is InChI=1S/C13H12FNO4S/c1-2-15-20(17,18)13-11(5-6-19-13)9-3-4-10(8-16)12(14)7-9/h3-8,15H,2H2,1H3. The van der Waals surface area contributed by atoms with Crippen molar-refractivity contribution in [2.45, 2.75) is 12.0 Å². The van der Waals surface area contributed by atoms with Crippen LogP contribution in [0.2, 0.25) is 0 Å². The topological polar surface area (TPSA) is 76.4 Å². The van der Waals surface area contributed by atoms with Gasteiger partial charge in [-0.05, 0) is 23.8 Å². The highest BCUT2D eigenvalue weighted by Gasteiger charge is 2.22. The molecule has 5 nitrogen and oxygen atoms in total. The minimum Gasteiger partial charge on any atom is -0.451 e. The van der Waals surface area contributed by atoms with Crippen LogP contribution in [-0.4, -0.2) is 21.2 Å². The van der Waals surface area contributed by atoms with Crippen molar-refractivity contribution >= 4 is 16.3 Å². The molecule has 0 aliphatic carbocycles. The summed E-state index contributed by atoms with van der Waals surface area (Å²) in [5.74, 6) is -0.717. The lowest BCUT2D eigenvalue weighted by Gasteiger charge is -2.05. The van der Waals surface area contributed by atoms with Crippen molar-refractivity contribution in [1.29, 1.82) is 0 Å². The molecular weight excluding hydrogens is 285 g/mol. The second-order valence-corrected chi connectivity index (χ2v) is 5.64. The molecule has 0 saturated heterocycles. The number of halogens is 1. The van der Waals surface area contributed by atoms with Crippen LogP contribution in [0.3, 0.4) is 0 Å². The van der Waals surface area contributed by atoms with Gasteiger partial charge in [-0.15, -0.1) is 0 Å². The van der Waals surface area contributed by atoms with Crippen LogP contribution in [0.5, 0.6) is 0 Å². The molecule has 2 rings (SSSR count). The van der Waals surface area contributed by atoms with E-state index in [1.165, 1.54) is 24.5 Å². The maximum Gasteiger partial charge on any atom is 0.274 e. The number of nitrogens with one attached hydrogen (secondary N) is 1. The minimum absolute atomic E-state index is 0.0895. The Kier molecular flexibility index (Phi) is 4.01. The highest BCUT2D eigenvalue weighted by Crippen LogP contribution is 2.29. The predicted molar refractivity (Wildman–Crippen MR) is 70.4 cm³/mol. The van der Waals surface area contributed by atoms with Gasteiger partial charge in [0.1, 0.15) is 5.82 Å². The Labute approximate surface area is 115 Å². The molecule has 7 heteroatoms. The fourth-order valence-electron chi connectivity index (χ4n) is 1.76. The first kappa shape index (κ1) is 14.4. The van der Waals surface area contributed by atoms with Crippen molar-refractivity contribution in [2.75, 3.05) is 6.54 Å². The quantitative estimate of drug-likeness (QED) is 0.858. The van der Waals surface area contributed by atoms with Crippen LogP contribution < -0.4 is 4.72 Å². The summed E-state index contributed by atoms with van der Waals surface area (Å²) in [7, 11) is -3.78.